The molecule has 1 fully saturated rings. The molecule has 0 radical (unpaired) electrons. The molecule has 1 aliphatic rings. The summed E-state index contributed by atoms with van der Waals surface area (Å²) < 4.78 is 2.26. The highest BCUT2D eigenvalue weighted by atomic mass is 32.1. The number of hydrogen-bond donors (Lipinski definition) is 1. The van der Waals surface area contributed by atoms with E-state index in [1.165, 1.54) is 5.69 Å². The first-order valence-corrected chi connectivity index (χ1v) is 7.22. The fraction of sp³-hybridized carbons (Fsp3) is 0.333. The van der Waals surface area contributed by atoms with Crippen molar-refractivity contribution in [2.75, 3.05) is 7.05 Å². The van der Waals surface area contributed by atoms with Gasteiger partial charge in [0.25, 0.3) is 0 Å². The molecule has 1 saturated heterocycles. The lowest BCUT2D eigenvalue weighted by atomic mass is 10.0. The van der Waals surface area contributed by atoms with Crippen LogP contribution in [0.1, 0.15) is 30.4 Å². The number of rotatable bonds is 3. The van der Waals surface area contributed by atoms with Gasteiger partial charge in [-0.1, -0.05) is 6.07 Å². The Balaban J connectivity index is 2.03. The molecule has 3 rings (SSSR count). The Kier molecular flexibility index (Phi) is 3.44. The maximum Gasteiger partial charge on any atom is 0.169 e. The third-order valence-corrected chi connectivity index (χ3v) is 4.25. The van der Waals surface area contributed by atoms with Gasteiger partial charge in [0.2, 0.25) is 0 Å². The molecule has 0 aliphatic carbocycles. The predicted octanol–water partition coefficient (Wildman–Crippen LogP) is 2.51. The number of pyridine rings is 1. The number of aromatic nitrogens is 2. The second-order valence-electron chi connectivity index (χ2n) is 4.96. The van der Waals surface area contributed by atoms with Gasteiger partial charge in [-0.05, 0) is 43.4 Å². The monoisotopic (exact) mass is 286 g/mol. The summed E-state index contributed by atoms with van der Waals surface area (Å²) in [5.41, 5.74) is 2.28. The molecule has 1 N–H and O–H groups in total. The number of hydrogen-bond acceptors (Lipinski definition) is 2. The van der Waals surface area contributed by atoms with Crippen LogP contribution in [0.5, 0.6) is 0 Å². The van der Waals surface area contributed by atoms with Crippen molar-refractivity contribution in [1.29, 1.82) is 0 Å². The van der Waals surface area contributed by atoms with E-state index in [1.807, 2.05) is 31.4 Å². The highest BCUT2D eigenvalue weighted by Gasteiger charge is 2.38. The van der Waals surface area contributed by atoms with E-state index in [4.69, 9.17) is 12.2 Å². The van der Waals surface area contributed by atoms with Crippen LogP contribution in [0.15, 0.2) is 42.7 Å². The lowest BCUT2D eigenvalue weighted by Gasteiger charge is -2.25. The van der Waals surface area contributed by atoms with E-state index in [9.17, 15) is 0 Å². The number of nitrogens with one attached hydrogen (secondary N) is 1. The third kappa shape index (κ3) is 2.08. The van der Waals surface area contributed by atoms with Crippen molar-refractivity contribution >= 4 is 17.3 Å². The molecule has 4 nitrogen and oxygen atoms in total. The molecule has 0 amide bonds. The maximum atomic E-state index is 5.43. The Bertz CT molecular complexity index is 607. The van der Waals surface area contributed by atoms with Gasteiger partial charge in [-0.3, -0.25) is 4.98 Å². The van der Waals surface area contributed by atoms with Crippen molar-refractivity contribution in [1.82, 2.24) is 19.8 Å². The van der Waals surface area contributed by atoms with Crippen molar-refractivity contribution in [3.8, 4) is 0 Å². The quantitative estimate of drug-likeness (QED) is 0.879. The van der Waals surface area contributed by atoms with Crippen molar-refractivity contribution < 1.29 is 0 Å². The average Bonchev–Trinajstić information content (AvgIpc) is 3.05. The van der Waals surface area contributed by atoms with Crippen LogP contribution in [0.4, 0.5) is 0 Å². The first-order valence-electron chi connectivity index (χ1n) is 6.81. The van der Waals surface area contributed by atoms with E-state index in [-0.39, 0.29) is 12.1 Å². The van der Waals surface area contributed by atoms with Gasteiger partial charge in [-0.25, -0.2) is 0 Å². The molecule has 0 unspecified atom stereocenters. The van der Waals surface area contributed by atoms with E-state index in [0.29, 0.717) is 0 Å². The lowest BCUT2D eigenvalue weighted by molar-refractivity contribution is 0.350. The van der Waals surface area contributed by atoms with Crippen molar-refractivity contribution in [2.24, 2.45) is 0 Å². The van der Waals surface area contributed by atoms with Crippen LogP contribution in [0.2, 0.25) is 0 Å². The van der Waals surface area contributed by atoms with Crippen molar-refractivity contribution in [2.45, 2.75) is 25.6 Å². The summed E-state index contributed by atoms with van der Waals surface area (Å²) in [6.45, 7) is 3.11. The zero-order chi connectivity index (χ0) is 14.1. The molecule has 2 aromatic rings. The van der Waals surface area contributed by atoms with Gasteiger partial charge in [0, 0.05) is 31.7 Å². The lowest BCUT2D eigenvalue weighted by Crippen LogP contribution is -2.26. The van der Waals surface area contributed by atoms with Crippen LogP contribution in [-0.2, 0) is 6.54 Å². The van der Waals surface area contributed by atoms with Gasteiger partial charge in [0.15, 0.2) is 5.11 Å². The highest BCUT2D eigenvalue weighted by Crippen LogP contribution is 2.37. The van der Waals surface area contributed by atoms with E-state index in [1.54, 1.807) is 0 Å². The van der Waals surface area contributed by atoms with Gasteiger partial charge < -0.3 is 14.8 Å². The van der Waals surface area contributed by atoms with Crippen molar-refractivity contribution in [3.05, 3.63) is 54.1 Å². The van der Waals surface area contributed by atoms with Gasteiger partial charge >= 0.3 is 0 Å². The van der Waals surface area contributed by atoms with Gasteiger partial charge in [-0.15, -0.1) is 0 Å². The molecule has 0 saturated carbocycles. The molecule has 104 valence electrons. The first-order chi connectivity index (χ1) is 9.72. The van der Waals surface area contributed by atoms with E-state index < -0.39 is 0 Å². The van der Waals surface area contributed by atoms with Crippen LogP contribution >= 0.6 is 12.2 Å². The van der Waals surface area contributed by atoms with Crippen LogP contribution in [0.25, 0.3) is 0 Å². The van der Waals surface area contributed by atoms with E-state index in [2.05, 4.69) is 45.0 Å². The molecule has 5 heteroatoms. The Morgan fingerprint density at radius 1 is 1.30 bits per heavy atom. The summed E-state index contributed by atoms with van der Waals surface area (Å²) in [7, 11) is 2.04. The molecule has 2 atom stereocenters. The molecule has 20 heavy (non-hydrogen) atoms. The fourth-order valence-corrected chi connectivity index (χ4v) is 3.05. The van der Waals surface area contributed by atoms with Gasteiger partial charge in [0.05, 0.1) is 17.8 Å². The Morgan fingerprint density at radius 2 is 2.15 bits per heavy atom. The number of nitrogens with zero attached hydrogens (tertiary/aromatic N) is 3. The Morgan fingerprint density at radius 3 is 2.85 bits per heavy atom. The largest absolute Gasteiger partial charge is 0.352 e. The topological polar surface area (TPSA) is 33.1 Å². The van der Waals surface area contributed by atoms with Crippen molar-refractivity contribution in [3.63, 3.8) is 0 Å². The summed E-state index contributed by atoms with van der Waals surface area (Å²) in [5.74, 6) is 0. The average molecular weight is 286 g/mol. The molecular formula is C15H18N4S. The highest BCUT2D eigenvalue weighted by molar-refractivity contribution is 7.80. The molecule has 2 aromatic heterocycles. The summed E-state index contributed by atoms with van der Waals surface area (Å²) >= 11 is 5.43. The van der Waals surface area contributed by atoms with Crippen LogP contribution in [0.3, 0.4) is 0 Å². The van der Waals surface area contributed by atoms with Crippen LogP contribution < -0.4 is 5.32 Å². The fourth-order valence-electron chi connectivity index (χ4n) is 2.81. The first kappa shape index (κ1) is 13.1. The minimum Gasteiger partial charge on any atom is -0.352 e. The number of likely N-dealkylation sites (N-methyl/N-ethyl adjacent to an activating group) is 1. The third-order valence-electron chi connectivity index (χ3n) is 3.85. The molecule has 0 bridgehead atoms. The maximum absolute atomic E-state index is 5.43. The normalized spacial score (nSPS) is 22.1. The zero-order valence-electron chi connectivity index (χ0n) is 11.7. The zero-order valence-corrected chi connectivity index (χ0v) is 12.5. The molecule has 1 aliphatic heterocycles. The van der Waals surface area contributed by atoms with Gasteiger partial charge in [0.1, 0.15) is 0 Å². The smallest absolute Gasteiger partial charge is 0.169 e. The predicted molar refractivity (Wildman–Crippen MR) is 83.3 cm³/mol. The summed E-state index contributed by atoms with van der Waals surface area (Å²) in [6, 6.07) is 10.5. The molecule has 0 aromatic carbocycles. The number of thiocarbonyl (C=S) groups is 1. The van der Waals surface area contributed by atoms with Gasteiger partial charge in [-0.2, -0.15) is 0 Å². The summed E-state index contributed by atoms with van der Waals surface area (Å²) in [5, 5.41) is 4.16. The molecule has 0 spiro atoms. The summed E-state index contributed by atoms with van der Waals surface area (Å²) in [6.07, 6.45) is 3.94. The Labute approximate surface area is 124 Å². The second-order valence-corrected chi connectivity index (χ2v) is 5.34. The minimum atomic E-state index is 0.0916. The Hall–Kier alpha value is -1.88. The number of aryl methyl sites for hydroxylation is 1. The minimum absolute atomic E-state index is 0.0916. The van der Waals surface area contributed by atoms with E-state index >= 15 is 0 Å². The second kappa shape index (κ2) is 5.25. The summed E-state index contributed by atoms with van der Waals surface area (Å²) in [4.78, 5) is 6.61. The van der Waals surface area contributed by atoms with Crippen LogP contribution in [0, 0.1) is 0 Å². The molecule has 3 heterocycles. The van der Waals surface area contributed by atoms with E-state index in [0.717, 1.165) is 17.4 Å². The standard InChI is InChI=1S/C15H18N4S/c1-3-19-10-6-8-12(19)14-13(17-15(20)18(14)2)11-7-4-5-9-16-11/h4-10,13-14H,3H2,1-2H3,(H,17,20)/t13-,14+/m1/s1. The SMILES string of the molecule is CCn1cccc1[C@H]1[C@@H](c2ccccn2)NC(=S)N1C. The molecular weight excluding hydrogens is 268 g/mol. The van der Waals surface area contributed by atoms with Crippen LogP contribution in [-0.4, -0.2) is 26.6 Å².